The molecule has 1 saturated carbocycles. The molecule has 1 fully saturated rings. The molecule has 2 rings (SSSR count). The molecule has 0 spiro atoms. The Kier molecular flexibility index (Phi) is 8.70. The molecule has 1 aliphatic rings. The highest BCUT2D eigenvalue weighted by Crippen LogP contribution is 2.30. The number of sulfonamides is 1. The van der Waals surface area contributed by atoms with Gasteiger partial charge in [0.1, 0.15) is 0 Å². The molecule has 2 N–H and O–H groups in total. The number of rotatable bonds is 11. The summed E-state index contributed by atoms with van der Waals surface area (Å²) in [6.45, 7) is 5.79. The molecule has 7 nitrogen and oxygen atoms in total. The van der Waals surface area contributed by atoms with Gasteiger partial charge >= 0.3 is 0 Å². The lowest BCUT2D eigenvalue weighted by Gasteiger charge is -2.20. The Morgan fingerprint density at radius 1 is 1.41 bits per heavy atom. The van der Waals surface area contributed by atoms with Crippen molar-refractivity contribution in [1.82, 2.24) is 14.9 Å². The molecule has 1 unspecified atom stereocenters. The number of nitrogens with zero attached hydrogens (tertiary/aromatic N) is 2. The maximum absolute atomic E-state index is 14.3. The van der Waals surface area contributed by atoms with E-state index in [0.717, 1.165) is 18.4 Å². The molecule has 9 heteroatoms. The first kappa shape index (κ1) is 23.4. The minimum Gasteiger partial charge on any atom is -0.490 e. The van der Waals surface area contributed by atoms with Crippen molar-refractivity contribution in [3.63, 3.8) is 0 Å². The van der Waals surface area contributed by atoms with Gasteiger partial charge in [0.05, 0.1) is 18.9 Å². The van der Waals surface area contributed by atoms with Gasteiger partial charge in [0.2, 0.25) is 10.0 Å². The lowest BCUT2D eigenvalue weighted by Crippen LogP contribution is -2.40. The third-order valence-corrected chi connectivity index (χ3v) is 6.28. The average molecular weight is 429 g/mol. The van der Waals surface area contributed by atoms with Crippen molar-refractivity contribution < 1.29 is 17.5 Å². The minimum atomic E-state index is -3.18. The highest BCUT2D eigenvalue weighted by atomic mass is 32.2. The molecule has 0 aromatic heterocycles. The van der Waals surface area contributed by atoms with Crippen molar-refractivity contribution in [2.75, 3.05) is 39.5 Å². The Morgan fingerprint density at radius 3 is 2.69 bits per heavy atom. The van der Waals surface area contributed by atoms with E-state index >= 15 is 0 Å². The van der Waals surface area contributed by atoms with Crippen LogP contribution in [0.2, 0.25) is 0 Å². The fourth-order valence-electron chi connectivity index (χ4n) is 2.90. The first-order valence-corrected chi connectivity index (χ1v) is 11.9. The fourth-order valence-corrected chi connectivity index (χ4v) is 3.83. The number of nitrogens with one attached hydrogen (secondary N) is 2. The van der Waals surface area contributed by atoms with Gasteiger partial charge < -0.3 is 15.4 Å². The van der Waals surface area contributed by atoms with Crippen molar-refractivity contribution >= 4 is 16.0 Å². The first-order valence-electron chi connectivity index (χ1n) is 10.1. The Balaban J connectivity index is 1.81. The molecule has 1 aromatic carbocycles. The van der Waals surface area contributed by atoms with E-state index in [1.807, 2.05) is 19.9 Å². The Hall–Kier alpha value is -1.87. The zero-order valence-corrected chi connectivity index (χ0v) is 18.6. The van der Waals surface area contributed by atoms with Crippen LogP contribution >= 0.6 is 0 Å². The van der Waals surface area contributed by atoms with Gasteiger partial charge in [-0.05, 0) is 49.8 Å². The molecular formula is C20H33FN4O3S. The summed E-state index contributed by atoms with van der Waals surface area (Å²) >= 11 is 0. The SMILES string of the molecule is CCN(CCCNC(=NC)NC(C)c1ccc(OCC2CC2)c(F)c1)S(C)(=O)=O. The van der Waals surface area contributed by atoms with E-state index in [-0.39, 0.29) is 11.9 Å². The molecule has 1 atom stereocenters. The van der Waals surface area contributed by atoms with Gasteiger partial charge in [0.15, 0.2) is 17.5 Å². The van der Waals surface area contributed by atoms with Crippen LogP contribution in [0.1, 0.15) is 44.7 Å². The van der Waals surface area contributed by atoms with E-state index in [4.69, 9.17) is 4.74 Å². The Morgan fingerprint density at radius 2 is 2.14 bits per heavy atom. The molecule has 1 aliphatic carbocycles. The highest BCUT2D eigenvalue weighted by Gasteiger charge is 2.22. The summed E-state index contributed by atoms with van der Waals surface area (Å²) in [7, 11) is -1.52. The van der Waals surface area contributed by atoms with Crippen LogP contribution in [0.5, 0.6) is 5.75 Å². The van der Waals surface area contributed by atoms with Gasteiger partial charge in [-0.25, -0.2) is 17.1 Å². The Bertz CT molecular complexity index is 797. The highest BCUT2D eigenvalue weighted by molar-refractivity contribution is 7.88. The van der Waals surface area contributed by atoms with Gasteiger partial charge in [-0.15, -0.1) is 0 Å². The van der Waals surface area contributed by atoms with Crippen molar-refractivity contribution in [2.24, 2.45) is 10.9 Å². The number of hydrogen-bond acceptors (Lipinski definition) is 4. The van der Waals surface area contributed by atoms with Crippen LogP contribution in [0.25, 0.3) is 0 Å². The van der Waals surface area contributed by atoms with Crippen molar-refractivity contribution in [2.45, 2.75) is 39.2 Å². The van der Waals surface area contributed by atoms with Crippen LogP contribution in [0.3, 0.4) is 0 Å². The second-order valence-electron chi connectivity index (χ2n) is 7.42. The lowest BCUT2D eigenvalue weighted by atomic mass is 10.1. The maximum Gasteiger partial charge on any atom is 0.211 e. The van der Waals surface area contributed by atoms with Crippen LogP contribution in [-0.2, 0) is 10.0 Å². The van der Waals surface area contributed by atoms with E-state index < -0.39 is 10.0 Å². The third kappa shape index (κ3) is 7.81. The second kappa shape index (κ2) is 10.8. The summed E-state index contributed by atoms with van der Waals surface area (Å²) in [6.07, 6.45) is 4.19. The zero-order valence-electron chi connectivity index (χ0n) is 17.7. The molecule has 0 saturated heterocycles. The number of benzene rings is 1. The summed E-state index contributed by atoms with van der Waals surface area (Å²) in [5.74, 6) is 1.09. The largest absolute Gasteiger partial charge is 0.490 e. The molecule has 164 valence electrons. The summed E-state index contributed by atoms with van der Waals surface area (Å²) in [4.78, 5) is 4.18. The predicted molar refractivity (Wildman–Crippen MR) is 114 cm³/mol. The van der Waals surface area contributed by atoms with Gasteiger partial charge in [-0.2, -0.15) is 0 Å². The van der Waals surface area contributed by atoms with Crippen LogP contribution in [0.4, 0.5) is 4.39 Å². The summed E-state index contributed by atoms with van der Waals surface area (Å²) < 4.78 is 44.5. The molecular weight excluding hydrogens is 395 g/mol. The van der Waals surface area contributed by atoms with Crippen LogP contribution in [0, 0.1) is 11.7 Å². The molecule has 0 bridgehead atoms. The average Bonchev–Trinajstić information content (AvgIpc) is 3.49. The van der Waals surface area contributed by atoms with E-state index in [2.05, 4.69) is 15.6 Å². The smallest absolute Gasteiger partial charge is 0.211 e. The van der Waals surface area contributed by atoms with Crippen LogP contribution in [0.15, 0.2) is 23.2 Å². The van der Waals surface area contributed by atoms with Crippen LogP contribution in [-0.4, -0.2) is 58.2 Å². The monoisotopic (exact) mass is 428 g/mol. The third-order valence-electron chi connectivity index (χ3n) is 4.90. The summed E-state index contributed by atoms with van der Waals surface area (Å²) in [6, 6.07) is 4.85. The van der Waals surface area contributed by atoms with Gasteiger partial charge in [-0.3, -0.25) is 4.99 Å². The maximum atomic E-state index is 14.3. The van der Waals surface area contributed by atoms with Gasteiger partial charge in [0.25, 0.3) is 0 Å². The molecule has 0 radical (unpaired) electrons. The summed E-state index contributed by atoms with van der Waals surface area (Å²) in [5, 5.41) is 6.39. The van der Waals surface area contributed by atoms with Crippen molar-refractivity contribution in [3.8, 4) is 5.75 Å². The van der Waals surface area contributed by atoms with Gasteiger partial charge in [-0.1, -0.05) is 13.0 Å². The van der Waals surface area contributed by atoms with Gasteiger partial charge in [0, 0.05) is 26.7 Å². The molecule has 0 amide bonds. The lowest BCUT2D eigenvalue weighted by molar-refractivity contribution is 0.285. The summed E-state index contributed by atoms with van der Waals surface area (Å²) in [5.41, 5.74) is 0.790. The van der Waals surface area contributed by atoms with E-state index in [1.165, 1.54) is 16.6 Å². The fraction of sp³-hybridized carbons (Fsp3) is 0.650. The van der Waals surface area contributed by atoms with E-state index in [1.54, 1.807) is 13.1 Å². The molecule has 29 heavy (non-hydrogen) atoms. The Labute approximate surface area is 173 Å². The molecule has 1 aromatic rings. The van der Waals surface area contributed by atoms with Crippen LogP contribution < -0.4 is 15.4 Å². The first-order chi connectivity index (χ1) is 13.7. The molecule has 0 aliphatic heterocycles. The number of ether oxygens (including phenoxy) is 1. The number of halogens is 1. The topological polar surface area (TPSA) is 83.0 Å². The standard InChI is InChI=1S/C20H33FN4O3S/c1-5-25(29(4,26)27)12-6-11-23-20(22-3)24-15(2)17-9-10-19(18(21)13-17)28-14-16-7-8-16/h9-10,13,15-16H,5-8,11-12,14H2,1-4H3,(H2,22,23,24). The number of aliphatic imine (C=N–C) groups is 1. The minimum absolute atomic E-state index is 0.156. The number of guanidine groups is 1. The number of hydrogen-bond donors (Lipinski definition) is 2. The normalized spacial score (nSPS) is 16.0. The quantitative estimate of drug-likeness (QED) is 0.321. The van der Waals surface area contributed by atoms with E-state index in [9.17, 15) is 12.8 Å². The van der Waals surface area contributed by atoms with Crippen molar-refractivity contribution in [3.05, 3.63) is 29.6 Å². The van der Waals surface area contributed by atoms with E-state index in [0.29, 0.717) is 50.3 Å². The zero-order chi connectivity index (χ0) is 21.4. The second-order valence-corrected chi connectivity index (χ2v) is 9.40. The predicted octanol–water partition coefficient (Wildman–Crippen LogP) is 2.51. The van der Waals surface area contributed by atoms with Crippen molar-refractivity contribution in [1.29, 1.82) is 0 Å². The molecule has 0 heterocycles.